The molecule has 162 valence electrons. The lowest BCUT2D eigenvalue weighted by Crippen LogP contribution is -2.27. The molecule has 1 amide bonds. The van der Waals surface area contributed by atoms with Gasteiger partial charge in [-0.2, -0.15) is 0 Å². The maximum Gasteiger partial charge on any atom is 0.263 e. The molecule has 2 N–H and O–H groups in total. The third-order valence-electron chi connectivity index (χ3n) is 4.37. The summed E-state index contributed by atoms with van der Waals surface area (Å²) in [5, 5.41) is 4.56. The molecule has 0 fully saturated rings. The minimum absolute atomic E-state index is 0.0302. The molecule has 2 heterocycles. The van der Waals surface area contributed by atoms with Crippen molar-refractivity contribution >= 4 is 38.1 Å². The van der Waals surface area contributed by atoms with Crippen LogP contribution in [0.4, 0.5) is 10.8 Å². The number of thiazole rings is 1. The fourth-order valence-electron chi connectivity index (χ4n) is 2.83. The van der Waals surface area contributed by atoms with Crippen molar-refractivity contribution in [1.82, 2.24) is 14.5 Å². The van der Waals surface area contributed by atoms with Crippen molar-refractivity contribution in [3.8, 4) is 11.3 Å². The van der Waals surface area contributed by atoms with Gasteiger partial charge in [0.1, 0.15) is 6.54 Å². The molecular weight excluding hydrogens is 450 g/mol. The first-order valence-corrected chi connectivity index (χ1v) is 11.7. The maximum atomic E-state index is 12.4. The monoisotopic (exact) mass is 467 g/mol. The molecule has 0 aliphatic heterocycles. The second-order valence-electron chi connectivity index (χ2n) is 6.62. The quantitative estimate of drug-likeness (QED) is 0.431. The van der Waals surface area contributed by atoms with Gasteiger partial charge in [-0.15, -0.1) is 11.3 Å². The number of nitrogens with one attached hydrogen (secondary N) is 2. The minimum Gasteiger partial charge on any atom is -0.325 e. The topological polar surface area (TPSA) is 123 Å². The van der Waals surface area contributed by atoms with Gasteiger partial charge in [0.25, 0.3) is 15.6 Å². The van der Waals surface area contributed by atoms with Gasteiger partial charge in [-0.1, -0.05) is 30.3 Å². The summed E-state index contributed by atoms with van der Waals surface area (Å²) in [5.41, 5.74) is 1.37. The third kappa shape index (κ3) is 5.07. The Labute approximate surface area is 187 Å². The molecular formula is C21H17N5O4S2. The summed E-state index contributed by atoms with van der Waals surface area (Å²) in [7, 11) is -3.78. The highest BCUT2D eigenvalue weighted by Gasteiger charge is 2.15. The van der Waals surface area contributed by atoms with E-state index in [1.165, 1.54) is 58.8 Å². The summed E-state index contributed by atoms with van der Waals surface area (Å²) < 4.78 is 28.3. The van der Waals surface area contributed by atoms with Gasteiger partial charge in [-0.3, -0.25) is 18.9 Å². The van der Waals surface area contributed by atoms with Gasteiger partial charge in [0.15, 0.2) is 5.13 Å². The first-order valence-electron chi connectivity index (χ1n) is 9.35. The Balaban J connectivity index is 1.41. The van der Waals surface area contributed by atoms with Crippen LogP contribution in [0.15, 0.2) is 88.3 Å². The van der Waals surface area contributed by atoms with E-state index in [0.29, 0.717) is 11.4 Å². The lowest BCUT2D eigenvalue weighted by molar-refractivity contribution is -0.116. The molecule has 9 nitrogen and oxygen atoms in total. The van der Waals surface area contributed by atoms with Crippen molar-refractivity contribution in [3.63, 3.8) is 0 Å². The standard InChI is InChI=1S/C21H17N5O4S2/c27-19(13-26-14-23-18(12-20(26)28)15-4-2-1-3-5-15)24-16-6-8-17(9-7-16)32(29,30)25-21-22-10-11-31-21/h1-12,14H,13H2,(H,22,25)(H,24,27). The molecule has 11 heteroatoms. The highest BCUT2D eigenvalue weighted by atomic mass is 32.2. The largest absolute Gasteiger partial charge is 0.325 e. The zero-order chi connectivity index (χ0) is 22.6. The molecule has 0 radical (unpaired) electrons. The summed E-state index contributed by atoms with van der Waals surface area (Å²) >= 11 is 1.17. The fraction of sp³-hybridized carbons (Fsp3) is 0.0476. The van der Waals surface area contributed by atoms with Gasteiger partial charge in [-0.25, -0.2) is 18.4 Å². The molecule has 2 aromatic heterocycles. The molecule has 0 spiro atoms. The Morgan fingerprint density at radius 1 is 1.03 bits per heavy atom. The van der Waals surface area contributed by atoms with Crippen LogP contribution in [0.2, 0.25) is 0 Å². The van der Waals surface area contributed by atoms with E-state index >= 15 is 0 Å². The Morgan fingerprint density at radius 2 is 1.78 bits per heavy atom. The van der Waals surface area contributed by atoms with E-state index in [-0.39, 0.29) is 22.1 Å². The summed E-state index contributed by atoms with van der Waals surface area (Å²) in [6, 6.07) is 16.3. The van der Waals surface area contributed by atoms with E-state index in [4.69, 9.17) is 0 Å². The Morgan fingerprint density at radius 3 is 2.44 bits per heavy atom. The molecule has 0 saturated heterocycles. The van der Waals surface area contributed by atoms with Gasteiger partial charge in [-0.05, 0) is 24.3 Å². The van der Waals surface area contributed by atoms with Crippen LogP contribution in [-0.2, 0) is 21.4 Å². The van der Waals surface area contributed by atoms with E-state index < -0.39 is 15.9 Å². The Kier molecular flexibility index (Phi) is 6.10. The number of nitrogens with zero attached hydrogens (tertiary/aromatic N) is 3. The number of anilines is 2. The molecule has 4 aromatic rings. The maximum absolute atomic E-state index is 12.4. The molecule has 0 aliphatic rings. The van der Waals surface area contributed by atoms with Crippen molar-refractivity contribution in [2.24, 2.45) is 0 Å². The molecule has 0 unspecified atom stereocenters. The number of carbonyl (C=O) groups is 1. The van der Waals surface area contributed by atoms with Crippen molar-refractivity contribution in [2.45, 2.75) is 11.4 Å². The summed E-state index contributed by atoms with van der Waals surface area (Å²) in [6.45, 7) is -0.230. The fourth-order valence-corrected chi connectivity index (χ4v) is 4.62. The second kappa shape index (κ2) is 9.12. The van der Waals surface area contributed by atoms with Crippen LogP contribution in [0.5, 0.6) is 0 Å². The number of carbonyl (C=O) groups excluding carboxylic acids is 1. The number of hydrogen-bond acceptors (Lipinski definition) is 7. The Bertz CT molecular complexity index is 1380. The SMILES string of the molecule is O=C(Cn1cnc(-c2ccccc2)cc1=O)Nc1ccc(S(=O)(=O)Nc2nccs2)cc1. The van der Waals surface area contributed by atoms with Crippen LogP contribution in [0, 0.1) is 0 Å². The third-order valence-corrected chi connectivity index (χ3v) is 6.54. The van der Waals surface area contributed by atoms with Crippen LogP contribution < -0.4 is 15.6 Å². The second-order valence-corrected chi connectivity index (χ2v) is 9.20. The molecule has 4 rings (SSSR count). The number of aromatic nitrogens is 3. The van der Waals surface area contributed by atoms with E-state index in [0.717, 1.165) is 5.56 Å². The van der Waals surface area contributed by atoms with Crippen LogP contribution in [0.1, 0.15) is 0 Å². The van der Waals surface area contributed by atoms with Gasteiger partial charge < -0.3 is 5.32 Å². The predicted octanol–water partition coefficient (Wildman–Crippen LogP) is 2.81. The first kappa shape index (κ1) is 21.4. The average molecular weight is 468 g/mol. The first-order chi connectivity index (χ1) is 15.4. The van der Waals surface area contributed by atoms with Crippen LogP contribution in [0.3, 0.4) is 0 Å². The van der Waals surface area contributed by atoms with Crippen molar-refractivity contribution in [1.29, 1.82) is 0 Å². The summed E-state index contributed by atoms with van der Waals surface area (Å²) in [4.78, 5) is 32.9. The smallest absolute Gasteiger partial charge is 0.263 e. The molecule has 32 heavy (non-hydrogen) atoms. The van der Waals surface area contributed by atoms with Crippen molar-refractivity contribution in [2.75, 3.05) is 10.0 Å². The van der Waals surface area contributed by atoms with Gasteiger partial charge >= 0.3 is 0 Å². The van der Waals surface area contributed by atoms with Crippen LogP contribution >= 0.6 is 11.3 Å². The Hall–Kier alpha value is -3.83. The number of rotatable bonds is 7. The van der Waals surface area contributed by atoms with Gasteiger partial charge in [0.05, 0.1) is 16.9 Å². The average Bonchev–Trinajstić information content (AvgIpc) is 3.28. The molecule has 0 atom stereocenters. The lowest BCUT2D eigenvalue weighted by Gasteiger charge is -2.09. The van der Waals surface area contributed by atoms with Crippen LogP contribution in [-0.4, -0.2) is 28.9 Å². The van der Waals surface area contributed by atoms with Crippen LogP contribution in [0.25, 0.3) is 11.3 Å². The zero-order valence-corrected chi connectivity index (χ0v) is 18.1. The number of sulfonamides is 1. The normalized spacial score (nSPS) is 11.1. The minimum atomic E-state index is -3.78. The lowest BCUT2D eigenvalue weighted by atomic mass is 10.1. The van der Waals surface area contributed by atoms with E-state index in [2.05, 4.69) is 20.0 Å². The summed E-state index contributed by atoms with van der Waals surface area (Å²) in [6.07, 6.45) is 2.82. The highest BCUT2D eigenvalue weighted by Crippen LogP contribution is 2.19. The molecule has 0 aliphatic carbocycles. The highest BCUT2D eigenvalue weighted by molar-refractivity contribution is 7.93. The van der Waals surface area contributed by atoms with Gasteiger partial charge in [0.2, 0.25) is 5.91 Å². The van der Waals surface area contributed by atoms with E-state index in [9.17, 15) is 18.0 Å². The van der Waals surface area contributed by atoms with E-state index in [1.807, 2.05) is 30.3 Å². The number of hydrogen-bond donors (Lipinski definition) is 2. The van der Waals surface area contributed by atoms with Crippen molar-refractivity contribution < 1.29 is 13.2 Å². The molecule has 0 saturated carbocycles. The van der Waals surface area contributed by atoms with Gasteiger partial charge in [0, 0.05) is 28.9 Å². The number of amides is 1. The predicted molar refractivity (Wildman–Crippen MR) is 122 cm³/mol. The number of benzene rings is 2. The molecule has 0 bridgehead atoms. The zero-order valence-electron chi connectivity index (χ0n) is 16.5. The van der Waals surface area contributed by atoms with Crippen molar-refractivity contribution in [3.05, 3.63) is 88.9 Å². The van der Waals surface area contributed by atoms with E-state index in [1.54, 1.807) is 5.38 Å². The molecule has 2 aromatic carbocycles. The summed E-state index contributed by atoms with van der Waals surface area (Å²) in [5.74, 6) is -0.446.